The van der Waals surface area contributed by atoms with Crippen LogP contribution in [0.2, 0.25) is 0 Å². The van der Waals surface area contributed by atoms with Gasteiger partial charge >= 0.3 is 0 Å². The van der Waals surface area contributed by atoms with Crippen molar-refractivity contribution < 1.29 is 9.72 Å². The van der Waals surface area contributed by atoms with E-state index in [1.54, 1.807) is 18.2 Å². The number of nitrogens with zero attached hydrogens (tertiary/aromatic N) is 1. The minimum atomic E-state index is -0.458. The number of nitro benzene ring substituents is 1. The summed E-state index contributed by atoms with van der Waals surface area (Å²) in [5, 5.41) is 13.3. The van der Waals surface area contributed by atoms with Crippen molar-refractivity contribution in [2.75, 3.05) is 5.32 Å². The predicted molar refractivity (Wildman–Crippen MR) is 86.7 cm³/mol. The fourth-order valence-corrected chi connectivity index (χ4v) is 1.88. The maximum atomic E-state index is 11.9. The Labute approximate surface area is 128 Å². The van der Waals surface area contributed by atoms with Crippen molar-refractivity contribution in [2.24, 2.45) is 0 Å². The van der Waals surface area contributed by atoms with Gasteiger partial charge in [0.1, 0.15) is 0 Å². The van der Waals surface area contributed by atoms with Gasteiger partial charge < -0.3 is 5.32 Å². The summed E-state index contributed by atoms with van der Waals surface area (Å²) in [5.74, 6) is -0.249. The molecule has 0 aromatic heterocycles. The third-order valence-corrected chi connectivity index (χ3v) is 3.31. The number of carbonyl (C=O) groups is 1. The van der Waals surface area contributed by atoms with Gasteiger partial charge in [-0.05, 0) is 60.9 Å². The Morgan fingerprint density at radius 1 is 1.09 bits per heavy atom. The average Bonchev–Trinajstić information content (AvgIpc) is 2.49. The zero-order chi connectivity index (χ0) is 16.1. The second kappa shape index (κ2) is 6.67. The quantitative estimate of drug-likeness (QED) is 0.529. The largest absolute Gasteiger partial charge is 0.323 e. The van der Waals surface area contributed by atoms with Crippen LogP contribution in [0.15, 0.2) is 48.5 Å². The molecule has 2 rings (SSSR count). The summed E-state index contributed by atoms with van der Waals surface area (Å²) in [6, 6.07) is 11.7. The van der Waals surface area contributed by atoms with Gasteiger partial charge in [-0.25, -0.2) is 0 Å². The summed E-state index contributed by atoms with van der Waals surface area (Å²) in [7, 11) is 0. The lowest BCUT2D eigenvalue weighted by molar-refractivity contribution is -0.384. The zero-order valence-corrected chi connectivity index (χ0v) is 12.4. The third kappa shape index (κ3) is 4.02. The molecule has 2 aromatic rings. The Morgan fingerprint density at radius 3 is 2.36 bits per heavy atom. The minimum absolute atomic E-state index is 0.0248. The number of hydrogen-bond acceptors (Lipinski definition) is 3. The fourth-order valence-electron chi connectivity index (χ4n) is 1.88. The molecule has 0 aliphatic rings. The normalized spacial score (nSPS) is 10.6. The maximum Gasteiger partial charge on any atom is 0.269 e. The van der Waals surface area contributed by atoms with Crippen LogP contribution >= 0.6 is 0 Å². The Hall–Kier alpha value is -2.95. The van der Waals surface area contributed by atoms with Crippen LogP contribution in [0.3, 0.4) is 0 Å². The number of rotatable bonds is 4. The minimum Gasteiger partial charge on any atom is -0.323 e. The number of benzene rings is 2. The highest BCUT2D eigenvalue weighted by Crippen LogP contribution is 2.15. The van der Waals surface area contributed by atoms with Crippen LogP contribution in [0.1, 0.15) is 16.7 Å². The van der Waals surface area contributed by atoms with Crippen molar-refractivity contribution in [3.63, 3.8) is 0 Å². The summed E-state index contributed by atoms with van der Waals surface area (Å²) in [6.45, 7) is 3.99. The van der Waals surface area contributed by atoms with Gasteiger partial charge in [0, 0.05) is 23.9 Å². The van der Waals surface area contributed by atoms with E-state index in [1.807, 2.05) is 32.0 Å². The molecule has 0 spiro atoms. The lowest BCUT2D eigenvalue weighted by Gasteiger charge is -2.05. The number of anilines is 1. The SMILES string of the molecule is Cc1ccc(NC(=O)C=Cc2ccc([N+](=O)[O-])cc2)cc1C. The van der Waals surface area contributed by atoms with Crippen molar-refractivity contribution in [3.05, 3.63) is 75.3 Å². The molecule has 0 radical (unpaired) electrons. The molecule has 0 aliphatic carbocycles. The zero-order valence-electron chi connectivity index (χ0n) is 12.4. The van der Waals surface area contributed by atoms with Gasteiger partial charge in [0.15, 0.2) is 0 Å². The molecule has 5 heteroatoms. The molecular formula is C17H16N2O3. The number of non-ortho nitro benzene ring substituents is 1. The predicted octanol–water partition coefficient (Wildman–Crippen LogP) is 3.86. The van der Waals surface area contributed by atoms with Gasteiger partial charge in [-0.15, -0.1) is 0 Å². The summed E-state index contributed by atoms with van der Waals surface area (Å²) >= 11 is 0. The number of nitro groups is 1. The first-order valence-corrected chi connectivity index (χ1v) is 6.76. The number of hydrogen-bond donors (Lipinski definition) is 1. The Bertz CT molecular complexity index is 734. The van der Waals surface area contributed by atoms with Crippen LogP contribution in [0.5, 0.6) is 0 Å². The monoisotopic (exact) mass is 296 g/mol. The van der Waals surface area contributed by atoms with Crippen molar-refractivity contribution in [3.8, 4) is 0 Å². The molecule has 0 heterocycles. The lowest BCUT2D eigenvalue weighted by atomic mass is 10.1. The topological polar surface area (TPSA) is 72.2 Å². The number of carbonyl (C=O) groups excluding carboxylic acids is 1. The fraction of sp³-hybridized carbons (Fsp3) is 0.118. The van der Waals surface area contributed by atoms with Crippen molar-refractivity contribution >= 4 is 23.4 Å². The van der Waals surface area contributed by atoms with Crippen LogP contribution in [-0.4, -0.2) is 10.8 Å². The molecule has 0 fully saturated rings. The Morgan fingerprint density at radius 2 is 1.77 bits per heavy atom. The van der Waals surface area contributed by atoms with Gasteiger partial charge in [-0.3, -0.25) is 14.9 Å². The molecule has 5 nitrogen and oxygen atoms in total. The summed E-state index contributed by atoms with van der Waals surface area (Å²) < 4.78 is 0. The van der Waals surface area contributed by atoms with E-state index in [9.17, 15) is 14.9 Å². The van der Waals surface area contributed by atoms with E-state index >= 15 is 0 Å². The Balaban J connectivity index is 2.01. The average molecular weight is 296 g/mol. The van der Waals surface area contributed by atoms with E-state index in [0.717, 1.165) is 16.8 Å². The maximum absolute atomic E-state index is 11.9. The highest BCUT2D eigenvalue weighted by Gasteiger charge is 2.03. The van der Waals surface area contributed by atoms with Crippen LogP contribution in [0.4, 0.5) is 11.4 Å². The molecule has 0 atom stereocenters. The van der Waals surface area contributed by atoms with Gasteiger partial charge in [-0.1, -0.05) is 6.07 Å². The molecule has 112 valence electrons. The summed E-state index contributed by atoms with van der Waals surface area (Å²) in [6.07, 6.45) is 3.01. The highest BCUT2D eigenvalue weighted by atomic mass is 16.6. The first-order valence-electron chi connectivity index (χ1n) is 6.76. The highest BCUT2D eigenvalue weighted by molar-refractivity contribution is 6.02. The molecule has 0 bridgehead atoms. The molecule has 1 N–H and O–H groups in total. The van der Waals surface area contributed by atoms with E-state index in [0.29, 0.717) is 0 Å². The lowest BCUT2D eigenvalue weighted by Crippen LogP contribution is -2.07. The number of amides is 1. The molecule has 0 aliphatic heterocycles. The summed E-state index contributed by atoms with van der Waals surface area (Å²) in [4.78, 5) is 21.9. The van der Waals surface area contributed by atoms with Crippen molar-refractivity contribution in [2.45, 2.75) is 13.8 Å². The standard InChI is InChI=1S/C17H16N2O3/c1-12-3-7-15(11-13(12)2)18-17(20)10-6-14-4-8-16(9-5-14)19(21)22/h3-11H,1-2H3,(H,18,20). The van der Waals surface area contributed by atoms with Gasteiger partial charge in [0.2, 0.25) is 5.91 Å². The van der Waals surface area contributed by atoms with Crippen LogP contribution in [0.25, 0.3) is 6.08 Å². The Kier molecular flexibility index (Phi) is 4.68. The first-order chi connectivity index (χ1) is 10.5. The second-order valence-electron chi connectivity index (χ2n) is 4.97. The molecule has 2 aromatic carbocycles. The molecule has 22 heavy (non-hydrogen) atoms. The van der Waals surface area contributed by atoms with Crippen molar-refractivity contribution in [1.82, 2.24) is 0 Å². The third-order valence-electron chi connectivity index (χ3n) is 3.31. The van der Waals surface area contributed by atoms with Crippen LogP contribution in [0, 0.1) is 24.0 Å². The van der Waals surface area contributed by atoms with Crippen molar-refractivity contribution in [1.29, 1.82) is 0 Å². The van der Waals surface area contributed by atoms with E-state index in [-0.39, 0.29) is 11.6 Å². The van der Waals surface area contributed by atoms with E-state index in [2.05, 4.69) is 5.32 Å². The van der Waals surface area contributed by atoms with Gasteiger partial charge in [0.05, 0.1) is 4.92 Å². The second-order valence-corrected chi connectivity index (χ2v) is 4.97. The molecule has 0 saturated carbocycles. The molecule has 1 amide bonds. The van der Waals surface area contributed by atoms with E-state index in [4.69, 9.17) is 0 Å². The number of nitrogens with one attached hydrogen (secondary N) is 1. The van der Waals surface area contributed by atoms with E-state index < -0.39 is 4.92 Å². The summed E-state index contributed by atoms with van der Waals surface area (Å²) in [5.41, 5.74) is 3.76. The van der Waals surface area contributed by atoms with Crippen LogP contribution in [-0.2, 0) is 4.79 Å². The van der Waals surface area contributed by atoms with Crippen LogP contribution < -0.4 is 5.32 Å². The van der Waals surface area contributed by atoms with E-state index in [1.165, 1.54) is 23.8 Å². The number of aryl methyl sites for hydroxylation is 2. The molecule has 0 unspecified atom stereocenters. The van der Waals surface area contributed by atoms with Gasteiger partial charge in [0.25, 0.3) is 5.69 Å². The molecular weight excluding hydrogens is 280 g/mol. The smallest absolute Gasteiger partial charge is 0.269 e. The van der Waals surface area contributed by atoms with Gasteiger partial charge in [-0.2, -0.15) is 0 Å². The first kappa shape index (κ1) is 15.4. The molecule has 0 saturated heterocycles.